The highest BCUT2D eigenvalue weighted by Gasteiger charge is 2.39. The second-order valence-corrected chi connectivity index (χ2v) is 11.7. The van der Waals surface area contributed by atoms with E-state index in [9.17, 15) is 27.5 Å². The summed E-state index contributed by atoms with van der Waals surface area (Å²) in [6, 6.07) is 16.9. The van der Waals surface area contributed by atoms with Crippen LogP contribution in [0, 0.1) is 17.7 Å². The molecular weight excluding hydrogens is 518 g/mol. The minimum absolute atomic E-state index is 0.252. The Hall–Kier alpha value is -3.19. The van der Waals surface area contributed by atoms with E-state index in [0.717, 1.165) is 36.3 Å². The Morgan fingerprint density at radius 3 is 2.10 bits per heavy atom. The first-order valence-corrected chi connectivity index (χ1v) is 14.0. The van der Waals surface area contributed by atoms with E-state index in [1.807, 2.05) is 25.1 Å². The molecule has 1 N–H and O–H groups in total. The van der Waals surface area contributed by atoms with Crippen LogP contribution in [-0.4, -0.2) is 29.1 Å². The van der Waals surface area contributed by atoms with Gasteiger partial charge in [-0.2, -0.15) is 13.2 Å². The maximum absolute atomic E-state index is 14.0. The Bertz CT molecular complexity index is 1340. The van der Waals surface area contributed by atoms with E-state index >= 15 is 0 Å². The van der Waals surface area contributed by atoms with E-state index in [4.69, 9.17) is 0 Å². The summed E-state index contributed by atoms with van der Waals surface area (Å²) in [7, 11) is 0. The van der Waals surface area contributed by atoms with Gasteiger partial charge in [0.05, 0.1) is 17.0 Å². The highest BCUT2D eigenvalue weighted by Crippen LogP contribution is 2.45. The van der Waals surface area contributed by atoms with Gasteiger partial charge in [-0.1, -0.05) is 49.7 Å². The maximum atomic E-state index is 14.0. The lowest BCUT2D eigenvalue weighted by Gasteiger charge is -2.39. The number of likely N-dealkylation sites (tertiary alicyclic amines) is 1. The van der Waals surface area contributed by atoms with Crippen LogP contribution in [0.25, 0.3) is 11.1 Å². The summed E-state index contributed by atoms with van der Waals surface area (Å²) in [5, 5.41) is 10.2. The van der Waals surface area contributed by atoms with E-state index in [-0.39, 0.29) is 11.9 Å². The summed E-state index contributed by atoms with van der Waals surface area (Å²) in [5.74, 6) is -0.120. The minimum atomic E-state index is -4.46. The third kappa shape index (κ3) is 5.53. The van der Waals surface area contributed by atoms with Crippen LogP contribution in [0.5, 0.6) is 0 Å². The molecular formula is C33H35F4NO2. The van der Waals surface area contributed by atoms with Gasteiger partial charge in [0.1, 0.15) is 5.82 Å². The molecule has 3 aromatic carbocycles. The highest BCUT2D eigenvalue weighted by molar-refractivity contribution is 5.82. The second-order valence-electron chi connectivity index (χ2n) is 11.7. The number of hydrogen-bond acceptors (Lipinski definition) is 2. The fourth-order valence-electron chi connectivity index (χ4n) is 6.79. The molecule has 0 amide bonds. The van der Waals surface area contributed by atoms with Crippen LogP contribution in [0.3, 0.4) is 0 Å². The van der Waals surface area contributed by atoms with Crippen molar-refractivity contribution in [2.45, 2.75) is 63.6 Å². The summed E-state index contributed by atoms with van der Waals surface area (Å²) < 4.78 is 54.2. The predicted octanol–water partition coefficient (Wildman–Crippen LogP) is 8.48. The molecule has 3 aromatic rings. The lowest BCUT2D eigenvalue weighted by molar-refractivity contribution is -0.143. The topological polar surface area (TPSA) is 40.5 Å². The van der Waals surface area contributed by atoms with Gasteiger partial charge in [0.25, 0.3) is 0 Å². The number of halogens is 4. The van der Waals surface area contributed by atoms with Crippen molar-refractivity contribution in [2.24, 2.45) is 11.8 Å². The van der Waals surface area contributed by atoms with Crippen LogP contribution in [-0.2, 0) is 16.4 Å². The molecule has 1 saturated heterocycles. The summed E-state index contributed by atoms with van der Waals surface area (Å²) in [6.07, 6.45) is 0.174. The Morgan fingerprint density at radius 1 is 0.950 bits per heavy atom. The van der Waals surface area contributed by atoms with Crippen LogP contribution >= 0.6 is 0 Å². The van der Waals surface area contributed by atoms with Crippen LogP contribution in [0.15, 0.2) is 66.7 Å². The fourth-order valence-corrected chi connectivity index (χ4v) is 6.79. The van der Waals surface area contributed by atoms with E-state index in [1.165, 1.54) is 43.5 Å². The normalized spacial score (nSPS) is 21.6. The molecule has 5 rings (SSSR count). The molecule has 0 spiro atoms. The summed E-state index contributed by atoms with van der Waals surface area (Å²) in [4.78, 5) is 14.9. The van der Waals surface area contributed by atoms with Crippen molar-refractivity contribution >= 4 is 5.97 Å². The molecule has 0 radical (unpaired) electrons. The smallest absolute Gasteiger partial charge is 0.416 e. The average Bonchev–Trinajstić information content (AvgIpc) is 3.27. The third-order valence-electron chi connectivity index (χ3n) is 8.92. The Kier molecular flexibility index (Phi) is 7.79. The van der Waals surface area contributed by atoms with Gasteiger partial charge in [0.2, 0.25) is 0 Å². The third-order valence-corrected chi connectivity index (χ3v) is 8.92. The fraction of sp³-hybridized carbons (Fsp3) is 0.424. The molecule has 2 aliphatic rings. The van der Waals surface area contributed by atoms with Crippen LogP contribution in [0.4, 0.5) is 17.6 Å². The van der Waals surface area contributed by atoms with Crippen molar-refractivity contribution in [3.05, 3.63) is 94.8 Å². The number of carboxylic acid groups (broad SMARTS) is 1. The molecule has 3 nitrogen and oxygen atoms in total. The van der Waals surface area contributed by atoms with Crippen molar-refractivity contribution in [3.63, 3.8) is 0 Å². The number of benzene rings is 3. The van der Waals surface area contributed by atoms with E-state index in [0.29, 0.717) is 41.4 Å². The molecule has 4 atom stereocenters. The first kappa shape index (κ1) is 28.3. The minimum Gasteiger partial charge on any atom is -0.481 e. The largest absolute Gasteiger partial charge is 0.481 e. The Labute approximate surface area is 232 Å². The lowest BCUT2D eigenvalue weighted by Crippen LogP contribution is -2.40. The molecule has 1 heterocycles. The number of piperidine rings is 1. The molecule has 2 bridgehead atoms. The number of nitrogens with zero attached hydrogens (tertiary/aromatic N) is 1. The molecule has 4 unspecified atom stereocenters. The van der Waals surface area contributed by atoms with Gasteiger partial charge >= 0.3 is 12.1 Å². The quantitative estimate of drug-likeness (QED) is 0.285. The number of alkyl halides is 3. The molecule has 212 valence electrons. The Morgan fingerprint density at radius 2 is 1.55 bits per heavy atom. The number of rotatable bonds is 8. The van der Waals surface area contributed by atoms with Crippen LogP contribution < -0.4 is 0 Å². The van der Waals surface area contributed by atoms with Gasteiger partial charge in [-0.25, -0.2) is 4.39 Å². The molecule has 1 aliphatic heterocycles. The summed E-state index contributed by atoms with van der Waals surface area (Å²) >= 11 is 0. The van der Waals surface area contributed by atoms with Gasteiger partial charge in [-0.05, 0) is 103 Å². The first-order chi connectivity index (χ1) is 19.0. The number of hydrogen-bond donors (Lipinski definition) is 1. The lowest BCUT2D eigenvalue weighted by atomic mass is 9.76. The Balaban J connectivity index is 1.70. The zero-order chi connectivity index (χ0) is 28.7. The maximum Gasteiger partial charge on any atom is 0.416 e. The van der Waals surface area contributed by atoms with Gasteiger partial charge in [-0.3, -0.25) is 9.69 Å². The van der Waals surface area contributed by atoms with Crippen molar-refractivity contribution < 1.29 is 27.5 Å². The molecule has 1 saturated carbocycles. The number of aliphatic carboxylic acids is 1. The zero-order valence-corrected chi connectivity index (χ0v) is 22.8. The zero-order valence-electron chi connectivity index (χ0n) is 22.8. The van der Waals surface area contributed by atoms with Crippen molar-refractivity contribution in [3.8, 4) is 11.1 Å². The number of fused-ring (bicyclic) bond motifs is 2. The average molecular weight is 554 g/mol. The summed E-state index contributed by atoms with van der Waals surface area (Å²) in [5.41, 5.74) is 1.78. The molecule has 1 aliphatic carbocycles. The predicted molar refractivity (Wildman–Crippen MR) is 147 cm³/mol. The van der Waals surface area contributed by atoms with Crippen LogP contribution in [0.2, 0.25) is 0 Å². The van der Waals surface area contributed by atoms with Gasteiger partial charge in [0.15, 0.2) is 0 Å². The second kappa shape index (κ2) is 11.0. The van der Waals surface area contributed by atoms with Gasteiger partial charge in [0, 0.05) is 13.1 Å². The first-order valence-electron chi connectivity index (χ1n) is 14.0. The van der Waals surface area contributed by atoms with Gasteiger partial charge in [-0.15, -0.1) is 0 Å². The van der Waals surface area contributed by atoms with Gasteiger partial charge < -0.3 is 5.11 Å². The van der Waals surface area contributed by atoms with Crippen molar-refractivity contribution in [1.29, 1.82) is 0 Å². The van der Waals surface area contributed by atoms with E-state index in [1.54, 1.807) is 19.1 Å². The molecule has 40 heavy (non-hydrogen) atoms. The monoisotopic (exact) mass is 553 g/mol. The molecule has 7 heteroatoms. The standard InChI is InChI=1S/C33H35F4NO2/c1-3-16-32(2,31(39)40)26-12-15-28(29(18-26)23-6-10-25(11-7-23)33(35,36)37)30(24-8-13-27(34)14-9-24)38-19-21-4-5-22(17-21)20-38/h6-15,18,21-22,30H,3-5,16-17,19-20H2,1-2H3,(H,39,40). The SMILES string of the molecule is CCCC(C)(C(=O)O)c1ccc(C(c2ccc(F)cc2)N2CC3CCC(C3)C2)c(-c2ccc(C(F)(F)F)cc2)c1. The molecule has 0 aromatic heterocycles. The van der Waals surface area contributed by atoms with Crippen molar-refractivity contribution in [2.75, 3.05) is 13.1 Å². The number of carboxylic acids is 1. The van der Waals surface area contributed by atoms with E-state index < -0.39 is 23.1 Å². The summed E-state index contributed by atoms with van der Waals surface area (Å²) in [6.45, 7) is 5.40. The van der Waals surface area contributed by atoms with E-state index in [2.05, 4.69) is 4.90 Å². The van der Waals surface area contributed by atoms with Crippen molar-refractivity contribution in [1.82, 2.24) is 4.90 Å². The molecule has 2 fully saturated rings. The number of carbonyl (C=O) groups is 1. The highest BCUT2D eigenvalue weighted by atomic mass is 19.4. The van der Waals surface area contributed by atoms with Crippen LogP contribution in [0.1, 0.15) is 74.2 Å².